The van der Waals surface area contributed by atoms with E-state index in [2.05, 4.69) is 5.32 Å². The summed E-state index contributed by atoms with van der Waals surface area (Å²) in [5, 5.41) is 5.64. The van der Waals surface area contributed by atoms with E-state index in [0.717, 1.165) is 16.0 Å². The van der Waals surface area contributed by atoms with Crippen LogP contribution in [0.1, 0.15) is 16.0 Å². The molecule has 2 aromatic carbocycles. The van der Waals surface area contributed by atoms with E-state index >= 15 is 0 Å². The number of nitrogens with zero attached hydrogens (tertiary/aromatic N) is 1. The van der Waals surface area contributed by atoms with E-state index < -0.39 is 0 Å². The van der Waals surface area contributed by atoms with Crippen LogP contribution >= 0.6 is 22.9 Å². The number of nitrogens with one attached hydrogen (secondary N) is 1. The van der Waals surface area contributed by atoms with Crippen LogP contribution in [0.25, 0.3) is 5.57 Å². The van der Waals surface area contributed by atoms with Crippen LogP contribution in [0, 0.1) is 6.92 Å². The van der Waals surface area contributed by atoms with Crippen molar-refractivity contribution in [2.24, 2.45) is 0 Å². The maximum atomic E-state index is 13.2. The number of thiophene rings is 1. The lowest BCUT2D eigenvalue weighted by Crippen LogP contribution is -2.34. The van der Waals surface area contributed by atoms with Crippen molar-refractivity contribution in [2.45, 2.75) is 13.3 Å². The molecule has 0 fully saturated rings. The van der Waals surface area contributed by atoms with Gasteiger partial charge in [0.15, 0.2) is 0 Å². The summed E-state index contributed by atoms with van der Waals surface area (Å²) in [6.07, 6.45) is 0.611. The molecule has 0 radical (unpaired) electrons. The topological polar surface area (TPSA) is 49.4 Å². The van der Waals surface area contributed by atoms with Gasteiger partial charge in [-0.25, -0.2) is 0 Å². The molecule has 0 saturated carbocycles. The van der Waals surface area contributed by atoms with Crippen molar-refractivity contribution < 1.29 is 9.59 Å². The number of imide groups is 1. The van der Waals surface area contributed by atoms with Crippen molar-refractivity contribution in [1.29, 1.82) is 0 Å². The van der Waals surface area contributed by atoms with Gasteiger partial charge in [0, 0.05) is 22.1 Å². The molecule has 146 valence electrons. The average molecular weight is 423 g/mol. The van der Waals surface area contributed by atoms with Gasteiger partial charge in [0.05, 0.1) is 5.57 Å². The highest BCUT2D eigenvalue weighted by molar-refractivity contribution is 7.11. The van der Waals surface area contributed by atoms with Crippen molar-refractivity contribution >= 4 is 46.0 Å². The van der Waals surface area contributed by atoms with Crippen molar-refractivity contribution in [2.75, 3.05) is 11.9 Å². The van der Waals surface area contributed by atoms with Crippen LogP contribution in [0.15, 0.2) is 71.7 Å². The molecule has 1 aliphatic rings. The molecule has 0 spiro atoms. The van der Waals surface area contributed by atoms with E-state index in [9.17, 15) is 9.59 Å². The molecule has 0 aliphatic carbocycles. The highest BCUT2D eigenvalue weighted by atomic mass is 35.5. The Balaban J connectivity index is 1.64. The minimum Gasteiger partial charge on any atom is -0.350 e. The lowest BCUT2D eigenvalue weighted by molar-refractivity contribution is -0.136. The minimum atomic E-state index is -0.314. The van der Waals surface area contributed by atoms with Crippen LogP contribution in [0.3, 0.4) is 0 Å². The van der Waals surface area contributed by atoms with Gasteiger partial charge in [0.2, 0.25) is 0 Å². The molecule has 2 amide bonds. The molecule has 0 unspecified atom stereocenters. The van der Waals surface area contributed by atoms with Crippen LogP contribution in [-0.2, 0) is 16.0 Å². The molecular formula is C23H19ClN2O2S. The molecule has 1 aromatic heterocycles. The van der Waals surface area contributed by atoms with Gasteiger partial charge in [-0.15, -0.1) is 11.3 Å². The standard InChI is InChI=1S/C23H19ClN2O2S/c1-15-9-10-17(14-18(15)24)25-21-20(19-8-5-13-29-19)22(27)26(23(21)28)12-11-16-6-3-2-4-7-16/h2-10,13-14,25H,11-12H2,1H3. The number of benzene rings is 2. The van der Waals surface area contributed by atoms with Gasteiger partial charge in [-0.1, -0.05) is 54.1 Å². The smallest absolute Gasteiger partial charge is 0.278 e. The van der Waals surface area contributed by atoms with Gasteiger partial charge in [0.1, 0.15) is 5.70 Å². The maximum absolute atomic E-state index is 13.2. The second-order valence-corrected chi connectivity index (χ2v) is 8.17. The van der Waals surface area contributed by atoms with E-state index in [1.54, 1.807) is 6.07 Å². The first kappa shape index (κ1) is 19.4. The molecule has 2 heterocycles. The fraction of sp³-hybridized carbons (Fsp3) is 0.130. The third-order valence-corrected chi connectivity index (χ3v) is 6.14. The Morgan fingerprint density at radius 3 is 2.48 bits per heavy atom. The Kier molecular flexibility index (Phi) is 5.51. The first-order valence-electron chi connectivity index (χ1n) is 9.26. The van der Waals surface area contributed by atoms with Crippen LogP contribution in [0.4, 0.5) is 5.69 Å². The number of amides is 2. The zero-order valence-corrected chi connectivity index (χ0v) is 17.4. The highest BCUT2D eigenvalue weighted by Gasteiger charge is 2.39. The Labute approximate surface area is 178 Å². The van der Waals surface area contributed by atoms with Gasteiger partial charge in [-0.05, 0) is 48.1 Å². The number of aryl methyl sites for hydroxylation is 1. The summed E-state index contributed by atoms with van der Waals surface area (Å²) in [4.78, 5) is 28.4. The van der Waals surface area contributed by atoms with Gasteiger partial charge < -0.3 is 5.32 Å². The SMILES string of the molecule is Cc1ccc(NC2=C(c3cccs3)C(=O)N(CCc3ccccc3)C2=O)cc1Cl. The molecule has 1 aliphatic heterocycles. The molecule has 1 N–H and O–H groups in total. The Bertz CT molecular complexity index is 1090. The second kappa shape index (κ2) is 8.23. The number of carbonyl (C=O) groups excluding carboxylic acids is 2. The predicted octanol–water partition coefficient (Wildman–Crippen LogP) is 5.14. The molecule has 0 atom stereocenters. The van der Waals surface area contributed by atoms with Gasteiger partial charge in [0.25, 0.3) is 11.8 Å². The van der Waals surface area contributed by atoms with Crippen molar-refractivity contribution in [3.63, 3.8) is 0 Å². The summed E-state index contributed by atoms with van der Waals surface area (Å²) in [5.41, 5.74) is 3.41. The third-order valence-electron chi connectivity index (χ3n) is 4.84. The molecular weight excluding hydrogens is 404 g/mol. The van der Waals surface area contributed by atoms with Crippen LogP contribution < -0.4 is 5.32 Å². The summed E-state index contributed by atoms with van der Waals surface area (Å²) in [6.45, 7) is 2.24. The lowest BCUT2D eigenvalue weighted by atomic mass is 10.1. The van der Waals surface area contributed by atoms with Gasteiger partial charge in [-0.3, -0.25) is 14.5 Å². The van der Waals surface area contributed by atoms with Gasteiger partial charge in [-0.2, -0.15) is 0 Å². The fourth-order valence-corrected chi connectivity index (χ4v) is 4.19. The largest absolute Gasteiger partial charge is 0.350 e. The Morgan fingerprint density at radius 2 is 1.79 bits per heavy atom. The summed E-state index contributed by atoms with van der Waals surface area (Å²) >= 11 is 7.67. The summed E-state index contributed by atoms with van der Waals surface area (Å²) < 4.78 is 0. The quantitative estimate of drug-likeness (QED) is 0.559. The monoisotopic (exact) mass is 422 g/mol. The lowest BCUT2D eigenvalue weighted by Gasteiger charge is -2.15. The van der Waals surface area contributed by atoms with Gasteiger partial charge >= 0.3 is 0 Å². The zero-order valence-electron chi connectivity index (χ0n) is 15.8. The number of rotatable bonds is 6. The molecule has 0 bridgehead atoms. The summed E-state index contributed by atoms with van der Waals surface area (Å²) in [7, 11) is 0. The second-order valence-electron chi connectivity index (χ2n) is 6.81. The van der Waals surface area contributed by atoms with E-state index in [-0.39, 0.29) is 11.8 Å². The number of halogens is 1. The van der Waals surface area contributed by atoms with E-state index in [0.29, 0.717) is 34.9 Å². The van der Waals surface area contributed by atoms with Crippen molar-refractivity contribution in [3.8, 4) is 0 Å². The van der Waals surface area contributed by atoms with E-state index in [1.807, 2.05) is 66.9 Å². The molecule has 4 rings (SSSR count). The van der Waals surface area contributed by atoms with Crippen LogP contribution in [0.5, 0.6) is 0 Å². The number of carbonyl (C=O) groups is 2. The maximum Gasteiger partial charge on any atom is 0.278 e. The van der Waals surface area contributed by atoms with Crippen molar-refractivity contribution in [1.82, 2.24) is 4.90 Å². The molecule has 3 aromatic rings. The molecule has 29 heavy (non-hydrogen) atoms. The van der Waals surface area contributed by atoms with Crippen LogP contribution in [-0.4, -0.2) is 23.3 Å². The van der Waals surface area contributed by atoms with E-state index in [4.69, 9.17) is 11.6 Å². The fourth-order valence-electron chi connectivity index (χ4n) is 3.25. The Hall–Kier alpha value is -2.89. The predicted molar refractivity (Wildman–Crippen MR) is 118 cm³/mol. The normalized spacial score (nSPS) is 14.1. The summed E-state index contributed by atoms with van der Waals surface area (Å²) in [5.74, 6) is -0.583. The molecule has 6 heteroatoms. The van der Waals surface area contributed by atoms with Crippen molar-refractivity contribution in [3.05, 3.63) is 92.8 Å². The Morgan fingerprint density at radius 1 is 1.00 bits per heavy atom. The first-order valence-corrected chi connectivity index (χ1v) is 10.5. The number of hydrogen-bond acceptors (Lipinski definition) is 4. The third kappa shape index (κ3) is 3.97. The highest BCUT2D eigenvalue weighted by Crippen LogP contribution is 2.33. The minimum absolute atomic E-state index is 0.269. The molecule has 4 nitrogen and oxygen atoms in total. The first-order chi connectivity index (χ1) is 14.0. The molecule has 0 saturated heterocycles. The van der Waals surface area contributed by atoms with Crippen LogP contribution in [0.2, 0.25) is 5.02 Å². The average Bonchev–Trinajstić information content (AvgIpc) is 3.32. The van der Waals surface area contributed by atoms with E-state index in [1.165, 1.54) is 16.2 Å². The number of hydrogen-bond donors (Lipinski definition) is 1. The number of anilines is 1. The summed E-state index contributed by atoms with van der Waals surface area (Å²) in [6, 6.07) is 19.1. The zero-order chi connectivity index (χ0) is 20.4.